The lowest BCUT2D eigenvalue weighted by molar-refractivity contribution is -0.140. The van der Waals surface area contributed by atoms with E-state index in [0.29, 0.717) is 43.5 Å². The van der Waals surface area contributed by atoms with Gasteiger partial charge in [0.1, 0.15) is 17.3 Å². The average molecular weight is 523 g/mol. The van der Waals surface area contributed by atoms with E-state index < -0.39 is 17.7 Å². The summed E-state index contributed by atoms with van der Waals surface area (Å²) < 4.78 is 11.6. The first-order valence-corrected chi connectivity index (χ1v) is 13.8. The zero-order valence-corrected chi connectivity index (χ0v) is 23.4. The van der Waals surface area contributed by atoms with Crippen LogP contribution in [0, 0.1) is 5.92 Å². The van der Waals surface area contributed by atoms with Gasteiger partial charge < -0.3 is 24.4 Å². The zero-order valence-electron chi connectivity index (χ0n) is 23.4. The number of rotatable bonds is 14. The van der Waals surface area contributed by atoms with Crippen molar-refractivity contribution in [3.05, 3.63) is 65.2 Å². The maximum Gasteiger partial charge on any atom is 0.295 e. The molecule has 1 atom stereocenters. The van der Waals surface area contributed by atoms with E-state index in [1.807, 2.05) is 24.3 Å². The largest absolute Gasteiger partial charge is 0.507 e. The third-order valence-electron chi connectivity index (χ3n) is 6.77. The number of likely N-dealkylation sites (tertiary alicyclic amines) is 1. The number of hydrogen-bond donors (Lipinski definition) is 1. The van der Waals surface area contributed by atoms with Crippen molar-refractivity contribution in [1.29, 1.82) is 0 Å². The minimum Gasteiger partial charge on any atom is -0.507 e. The number of aliphatic hydroxyl groups is 1. The second-order valence-corrected chi connectivity index (χ2v) is 10.0. The second kappa shape index (κ2) is 14.0. The van der Waals surface area contributed by atoms with E-state index in [1.165, 1.54) is 0 Å². The molecule has 3 rings (SSSR count). The quantitative estimate of drug-likeness (QED) is 0.149. The molecule has 2 aromatic rings. The molecule has 0 radical (unpaired) electrons. The molecule has 1 aliphatic rings. The summed E-state index contributed by atoms with van der Waals surface area (Å²) in [5, 5.41) is 11.3. The summed E-state index contributed by atoms with van der Waals surface area (Å²) >= 11 is 0. The number of hydrogen-bond acceptors (Lipinski definition) is 6. The normalized spacial score (nSPS) is 17.0. The molecule has 1 N–H and O–H groups in total. The number of unbranched alkanes of at least 4 members (excludes halogenated alkanes) is 1. The third-order valence-corrected chi connectivity index (χ3v) is 6.77. The molecule has 1 heterocycles. The molecule has 1 aliphatic heterocycles. The molecule has 2 aromatic carbocycles. The third kappa shape index (κ3) is 7.16. The molecule has 1 fully saturated rings. The van der Waals surface area contributed by atoms with Crippen LogP contribution in [0.3, 0.4) is 0 Å². The fourth-order valence-corrected chi connectivity index (χ4v) is 4.45. The topological polar surface area (TPSA) is 79.3 Å². The number of aliphatic hydroxyl groups excluding tert-OH is 1. The standard InChI is InChI=1S/C31H42N2O5/c1-6-9-20-37-25-14-10-23(11-15-25)28-27(30(35)31(36)33(28)19-18-32(7-2)8-3)29(34)24-12-16-26(17-13-24)38-21-22(4)5/h10-17,22,28,34H,6-9,18-21H2,1-5H3/b29-27+. The summed E-state index contributed by atoms with van der Waals surface area (Å²) in [6.45, 7) is 14.3. The molecule has 7 heteroatoms. The Kier molecular flexibility index (Phi) is 10.8. The van der Waals surface area contributed by atoms with Crippen LogP contribution in [0.1, 0.15) is 64.6 Å². The van der Waals surface area contributed by atoms with E-state index in [1.54, 1.807) is 29.2 Å². The van der Waals surface area contributed by atoms with Crippen molar-refractivity contribution >= 4 is 17.4 Å². The van der Waals surface area contributed by atoms with Gasteiger partial charge in [-0.15, -0.1) is 0 Å². The van der Waals surface area contributed by atoms with Gasteiger partial charge >= 0.3 is 0 Å². The van der Waals surface area contributed by atoms with E-state index in [-0.39, 0.29) is 11.3 Å². The van der Waals surface area contributed by atoms with Gasteiger partial charge in [-0.05, 0) is 67.4 Å². The highest BCUT2D eigenvalue weighted by molar-refractivity contribution is 6.46. The summed E-state index contributed by atoms with van der Waals surface area (Å²) in [5.41, 5.74) is 1.32. The van der Waals surface area contributed by atoms with Crippen LogP contribution in [0.25, 0.3) is 5.76 Å². The molecule has 206 valence electrons. The Morgan fingerprint density at radius 2 is 1.55 bits per heavy atom. The lowest BCUT2D eigenvalue weighted by atomic mass is 9.95. The average Bonchev–Trinajstić information content (AvgIpc) is 3.18. The van der Waals surface area contributed by atoms with Crippen molar-refractivity contribution < 1.29 is 24.2 Å². The van der Waals surface area contributed by atoms with Gasteiger partial charge in [0, 0.05) is 18.7 Å². The van der Waals surface area contributed by atoms with E-state index in [0.717, 1.165) is 37.2 Å². The smallest absolute Gasteiger partial charge is 0.295 e. The maximum absolute atomic E-state index is 13.3. The number of likely N-dealkylation sites (N-methyl/N-ethyl adjacent to an activating group) is 1. The first-order chi connectivity index (χ1) is 18.3. The molecule has 0 saturated carbocycles. The number of carbonyl (C=O) groups excluding carboxylic acids is 2. The van der Waals surface area contributed by atoms with Crippen LogP contribution in [0.4, 0.5) is 0 Å². The number of ketones is 1. The zero-order chi connectivity index (χ0) is 27.7. The van der Waals surface area contributed by atoms with Crippen LogP contribution in [0.5, 0.6) is 11.5 Å². The SMILES string of the molecule is CCCCOc1ccc(C2/C(=C(\O)c3ccc(OCC(C)C)cc3)C(=O)C(=O)N2CCN(CC)CC)cc1. The summed E-state index contributed by atoms with van der Waals surface area (Å²) in [4.78, 5) is 30.3. The minimum absolute atomic E-state index is 0.102. The van der Waals surface area contributed by atoms with Gasteiger partial charge in [0.25, 0.3) is 11.7 Å². The summed E-state index contributed by atoms with van der Waals surface area (Å²) in [7, 11) is 0. The number of Topliss-reactive ketones (excluding diaryl/α,β-unsaturated/α-hetero) is 1. The molecule has 0 aliphatic carbocycles. The van der Waals surface area contributed by atoms with Crippen LogP contribution in [0.15, 0.2) is 54.1 Å². The van der Waals surface area contributed by atoms with Gasteiger partial charge in [-0.3, -0.25) is 9.59 Å². The predicted octanol–water partition coefficient (Wildman–Crippen LogP) is 5.66. The Morgan fingerprint density at radius 1 is 0.947 bits per heavy atom. The summed E-state index contributed by atoms with van der Waals surface area (Å²) in [5.74, 6) is 0.361. The Morgan fingerprint density at radius 3 is 2.13 bits per heavy atom. The molecule has 1 unspecified atom stereocenters. The van der Waals surface area contributed by atoms with Crippen molar-refractivity contribution in [2.45, 2.75) is 53.5 Å². The van der Waals surface area contributed by atoms with Gasteiger partial charge in [0.2, 0.25) is 0 Å². The Hall–Kier alpha value is -3.32. The number of benzene rings is 2. The Labute approximate surface area is 227 Å². The van der Waals surface area contributed by atoms with Gasteiger partial charge in [-0.2, -0.15) is 0 Å². The molecule has 0 bridgehead atoms. The van der Waals surface area contributed by atoms with Gasteiger partial charge in [-0.25, -0.2) is 0 Å². The lowest BCUT2D eigenvalue weighted by Gasteiger charge is -2.28. The predicted molar refractivity (Wildman–Crippen MR) is 150 cm³/mol. The fraction of sp³-hybridized carbons (Fsp3) is 0.484. The molecule has 0 spiro atoms. The van der Waals surface area contributed by atoms with Crippen LogP contribution in [-0.2, 0) is 9.59 Å². The van der Waals surface area contributed by atoms with Crippen LogP contribution in [-0.4, -0.2) is 66.0 Å². The fourth-order valence-electron chi connectivity index (χ4n) is 4.45. The summed E-state index contributed by atoms with van der Waals surface area (Å²) in [6, 6.07) is 13.7. The monoisotopic (exact) mass is 522 g/mol. The van der Waals surface area contributed by atoms with Crippen molar-refractivity contribution in [3.8, 4) is 11.5 Å². The minimum atomic E-state index is -0.688. The molecular formula is C31H42N2O5. The molecular weight excluding hydrogens is 480 g/mol. The highest BCUT2D eigenvalue weighted by Gasteiger charge is 2.46. The number of carbonyl (C=O) groups is 2. The number of nitrogens with zero attached hydrogens (tertiary/aromatic N) is 2. The first kappa shape index (κ1) is 29.2. The molecule has 1 saturated heterocycles. The lowest BCUT2D eigenvalue weighted by Crippen LogP contribution is -2.38. The van der Waals surface area contributed by atoms with Gasteiger partial charge in [0.15, 0.2) is 0 Å². The van der Waals surface area contributed by atoms with Crippen molar-refractivity contribution in [1.82, 2.24) is 9.80 Å². The molecule has 1 amide bonds. The van der Waals surface area contributed by atoms with E-state index in [2.05, 4.69) is 39.5 Å². The Bertz CT molecular complexity index is 1090. The molecule has 38 heavy (non-hydrogen) atoms. The molecule has 7 nitrogen and oxygen atoms in total. The molecule has 0 aromatic heterocycles. The van der Waals surface area contributed by atoms with Gasteiger partial charge in [-0.1, -0.05) is 53.2 Å². The number of amides is 1. The van der Waals surface area contributed by atoms with Crippen LogP contribution in [0.2, 0.25) is 0 Å². The first-order valence-electron chi connectivity index (χ1n) is 13.8. The van der Waals surface area contributed by atoms with E-state index in [4.69, 9.17) is 9.47 Å². The van der Waals surface area contributed by atoms with Gasteiger partial charge in [0.05, 0.1) is 24.8 Å². The van der Waals surface area contributed by atoms with Crippen molar-refractivity contribution in [2.75, 3.05) is 39.4 Å². The second-order valence-electron chi connectivity index (χ2n) is 10.0. The highest BCUT2D eigenvalue weighted by Crippen LogP contribution is 2.40. The number of ether oxygens (including phenoxy) is 2. The van der Waals surface area contributed by atoms with Crippen LogP contribution < -0.4 is 9.47 Å². The van der Waals surface area contributed by atoms with Crippen molar-refractivity contribution in [3.63, 3.8) is 0 Å². The van der Waals surface area contributed by atoms with Crippen molar-refractivity contribution in [2.24, 2.45) is 5.92 Å². The summed E-state index contributed by atoms with van der Waals surface area (Å²) in [6.07, 6.45) is 2.01. The maximum atomic E-state index is 13.3. The Balaban J connectivity index is 1.97. The van der Waals surface area contributed by atoms with Crippen LogP contribution >= 0.6 is 0 Å². The van der Waals surface area contributed by atoms with E-state index in [9.17, 15) is 14.7 Å². The highest BCUT2D eigenvalue weighted by atomic mass is 16.5. The van der Waals surface area contributed by atoms with E-state index >= 15 is 0 Å².